The van der Waals surface area contributed by atoms with Crippen molar-refractivity contribution < 1.29 is 0 Å². The lowest BCUT2D eigenvalue weighted by molar-refractivity contribution is 1.06. The summed E-state index contributed by atoms with van der Waals surface area (Å²) in [6.45, 7) is 4.01. The number of hydrogen-bond donors (Lipinski definition) is 0. The summed E-state index contributed by atoms with van der Waals surface area (Å²) in [7, 11) is 0. The lowest BCUT2D eigenvalue weighted by Gasteiger charge is -2.15. The van der Waals surface area contributed by atoms with Crippen molar-refractivity contribution in [1.82, 2.24) is 24.9 Å². The standard InChI is InChI=1S/C47H33N5/c1-30-25-31(2)49-44(48-30)35-23-21-32(22-24-35)37-26-38(43-29-36-17-9-10-18-40(36)41-19-11-12-20-42(41)43)28-39(27-37)47-51-45(33-13-5-3-6-14-33)50-46(52-47)34-15-7-4-8-16-34/h3-29H,1-2H3. The van der Waals surface area contributed by atoms with Gasteiger partial charge in [0, 0.05) is 33.6 Å². The zero-order valence-electron chi connectivity index (χ0n) is 28.8. The van der Waals surface area contributed by atoms with E-state index in [1.54, 1.807) is 0 Å². The third kappa shape index (κ3) is 5.99. The van der Waals surface area contributed by atoms with E-state index in [0.29, 0.717) is 17.5 Å². The minimum Gasteiger partial charge on any atom is -0.233 e. The third-order valence-corrected chi connectivity index (χ3v) is 9.43. The van der Waals surface area contributed by atoms with Crippen LogP contribution in [0, 0.1) is 13.8 Å². The topological polar surface area (TPSA) is 64.5 Å². The highest BCUT2D eigenvalue weighted by Gasteiger charge is 2.17. The van der Waals surface area contributed by atoms with Gasteiger partial charge >= 0.3 is 0 Å². The van der Waals surface area contributed by atoms with E-state index >= 15 is 0 Å². The molecule has 0 aliphatic rings. The van der Waals surface area contributed by atoms with Gasteiger partial charge in [0.05, 0.1) is 0 Å². The number of rotatable bonds is 6. The molecule has 246 valence electrons. The quantitative estimate of drug-likeness (QED) is 0.165. The van der Waals surface area contributed by atoms with Crippen LogP contribution in [0.15, 0.2) is 164 Å². The van der Waals surface area contributed by atoms with Gasteiger partial charge in [0.2, 0.25) is 0 Å². The highest BCUT2D eigenvalue weighted by Crippen LogP contribution is 2.39. The van der Waals surface area contributed by atoms with Crippen LogP contribution in [-0.4, -0.2) is 24.9 Å². The monoisotopic (exact) mass is 667 g/mol. The fourth-order valence-corrected chi connectivity index (χ4v) is 6.98. The van der Waals surface area contributed by atoms with Crippen LogP contribution >= 0.6 is 0 Å². The van der Waals surface area contributed by atoms with Crippen LogP contribution in [0.2, 0.25) is 0 Å². The Balaban J connectivity index is 1.28. The Kier molecular flexibility index (Phi) is 7.86. The third-order valence-electron chi connectivity index (χ3n) is 9.43. The second-order valence-corrected chi connectivity index (χ2v) is 13.1. The summed E-state index contributed by atoms with van der Waals surface area (Å²) in [5, 5.41) is 4.84. The molecule has 9 rings (SSSR count). The smallest absolute Gasteiger partial charge is 0.164 e. The Hall–Kier alpha value is -6.85. The molecule has 0 atom stereocenters. The van der Waals surface area contributed by atoms with E-state index < -0.39 is 0 Å². The molecular weight excluding hydrogens is 635 g/mol. The molecule has 0 N–H and O–H groups in total. The van der Waals surface area contributed by atoms with Crippen LogP contribution < -0.4 is 0 Å². The second-order valence-electron chi connectivity index (χ2n) is 13.1. The molecule has 7 aromatic carbocycles. The Morgan fingerprint density at radius 3 is 1.37 bits per heavy atom. The molecule has 0 aliphatic heterocycles. The lowest BCUT2D eigenvalue weighted by Crippen LogP contribution is -2.00. The molecule has 5 nitrogen and oxygen atoms in total. The second kappa shape index (κ2) is 13.1. The van der Waals surface area contributed by atoms with Gasteiger partial charge < -0.3 is 0 Å². The van der Waals surface area contributed by atoms with Gasteiger partial charge in [0.15, 0.2) is 23.3 Å². The summed E-state index contributed by atoms with van der Waals surface area (Å²) >= 11 is 0. The van der Waals surface area contributed by atoms with Gasteiger partial charge in [-0.2, -0.15) is 0 Å². The van der Waals surface area contributed by atoms with E-state index in [4.69, 9.17) is 24.9 Å². The predicted octanol–water partition coefficient (Wildman–Crippen LogP) is 11.6. The average molecular weight is 668 g/mol. The molecule has 2 heterocycles. The van der Waals surface area contributed by atoms with Crippen molar-refractivity contribution in [3.63, 3.8) is 0 Å². The first kappa shape index (κ1) is 31.2. The minimum atomic E-state index is 0.612. The summed E-state index contributed by atoms with van der Waals surface area (Å²) < 4.78 is 0. The van der Waals surface area contributed by atoms with Crippen molar-refractivity contribution >= 4 is 21.5 Å². The Labute approximate surface area is 302 Å². The zero-order valence-corrected chi connectivity index (χ0v) is 28.8. The van der Waals surface area contributed by atoms with E-state index in [1.165, 1.54) is 21.5 Å². The first-order valence-corrected chi connectivity index (χ1v) is 17.4. The van der Waals surface area contributed by atoms with Crippen LogP contribution in [0.3, 0.4) is 0 Å². The normalized spacial score (nSPS) is 11.3. The maximum Gasteiger partial charge on any atom is 0.164 e. The van der Waals surface area contributed by atoms with Gasteiger partial charge in [0.1, 0.15) is 0 Å². The molecule has 0 spiro atoms. The number of benzene rings is 7. The first-order valence-electron chi connectivity index (χ1n) is 17.4. The van der Waals surface area contributed by atoms with E-state index in [0.717, 1.165) is 61.7 Å². The molecule has 0 saturated heterocycles. The van der Waals surface area contributed by atoms with Crippen LogP contribution in [0.4, 0.5) is 0 Å². The SMILES string of the molecule is Cc1cc(C)nc(-c2ccc(-c3cc(-c4nc(-c5ccccc5)nc(-c5ccccc5)n4)cc(-c4cc5ccccc5c5ccccc45)c3)cc2)n1. The van der Waals surface area contributed by atoms with Crippen molar-refractivity contribution in [3.8, 4) is 67.8 Å². The highest BCUT2D eigenvalue weighted by atomic mass is 15.0. The summed E-state index contributed by atoms with van der Waals surface area (Å²) in [5.74, 6) is 2.60. The number of hydrogen-bond acceptors (Lipinski definition) is 5. The van der Waals surface area contributed by atoms with Crippen molar-refractivity contribution in [2.75, 3.05) is 0 Å². The molecule has 9 aromatic rings. The Bertz CT molecular complexity index is 2660. The van der Waals surface area contributed by atoms with Crippen molar-refractivity contribution in [2.45, 2.75) is 13.8 Å². The molecule has 52 heavy (non-hydrogen) atoms. The molecule has 0 fully saturated rings. The van der Waals surface area contributed by atoms with Gasteiger partial charge in [-0.25, -0.2) is 24.9 Å². The number of aryl methyl sites for hydroxylation is 2. The fraction of sp³-hybridized carbons (Fsp3) is 0.0426. The van der Waals surface area contributed by atoms with E-state index in [1.807, 2.05) is 80.6 Å². The van der Waals surface area contributed by atoms with Crippen LogP contribution in [0.5, 0.6) is 0 Å². The molecule has 0 saturated carbocycles. The van der Waals surface area contributed by atoms with Crippen molar-refractivity contribution in [3.05, 3.63) is 175 Å². The molecule has 0 amide bonds. The average Bonchev–Trinajstić information content (AvgIpc) is 3.20. The largest absolute Gasteiger partial charge is 0.233 e. The molecule has 5 heteroatoms. The van der Waals surface area contributed by atoms with Gasteiger partial charge in [-0.05, 0) is 88.0 Å². The van der Waals surface area contributed by atoms with Crippen LogP contribution in [0.25, 0.3) is 89.4 Å². The van der Waals surface area contributed by atoms with Gasteiger partial charge in [-0.15, -0.1) is 0 Å². The summed E-state index contributed by atoms with van der Waals surface area (Å²) in [5.41, 5.74) is 10.0. The van der Waals surface area contributed by atoms with E-state index in [9.17, 15) is 0 Å². The summed E-state index contributed by atoms with van der Waals surface area (Å²) in [4.78, 5) is 24.6. The van der Waals surface area contributed by atoms with Crippen molar-refractivity contribution in [1.29, 1.82) is 0 Å². The summed E-state index contributed by atoms with van der Waals surface area (Å²) in [6, 6.07) is 57.0. The van der Waals surface area contributed by atoms with Gasteiger partial charge in [0.25, 0.3) is 0 Å². The molecule has 0 aliphatic carbocycles. The Morgan fingerprint density at radius 1 is 0.288 bits per heavy atom. The summed E-state index contributed by atoms with van der Waals surface area (Å²) in [6.07, 6.45) is 0. The maximum atomic E-state index is 5.11. The Morgan fingerprint density at radius 2 is 0.731 bits per heavy atom. The van der Waals surface area contributed by atoms with Crippen molar-refractivity contribution in [2.24, 2.45) is 0 Å². The minimum absolute atomic E-state index is 0.612. The van der Waals surface area contributed by atoms with E-state index in [-0.39, 0.29) is 0 Å². The molecule has 0 unspecified atom stereocenters. The van der Waals surface area contributed by atoms with Crippen LogP contribution in [0.1, 0.15) is 11.4 Å². The first-order chi connectivity index (χ1) is 25.6. The molecule has 2 aromatic heterocycles. The van der Waals surface area contributed by atoms with Gasteiger partial charge in [-0.1, -0.05) is 133 Å². The van der Waals surface area contributed by atoms with E-state index in [2.05, 4.69) is 97.1 Å². The zero-order chi connectivity index (χ0) is 35.0. The van der Waals surface area contributed by atoms with Crippen LogP contribution in [-0.2, 0) is 0 Å². The number of aromatic nitrogens is 5. The maximum absolute atomic E-state index is 5.11. The molecule has 0 bridgehead atoms. The fourth-order valence-electron chi connectivity index (χ4n) is 6.98. The lowest BCUT2D eigenvalue weighted by atomic mass is 9.90. The molecular formula is C47H33N5. The number of nitrogens with zero attached hydrogens (tertiary/aromatic N) is 5. The van der Waals surface area contributed by atoms with Gasteiger partial charge in [-0.3, -0.25) is 0 Å². The predicted molar refractivity (Wildman–Crippen MR) is 213 cm³/mol. The highest BCUT2D eigenvalue weighted by molar-refractivity contribution is 6.14. The molecule has 0 radical (unpaired) electrons. The number of fused-ring (bicyclic) bond motifs is 3.